The van der Waals surface area contributed by atoms with Crippen LogP contribution in [-0.4, -0.2) is 23.3 Å². The lowest BCUT2D eigenvalue weighted by Crippen LogP contribution is -2.38. The van der Waals surface area contributed by atoms with E-state index in [9.17, 15) is 9.59 Å². The first-order valence-electron chi connectivity index (χ1n) is 7.14. The summed E-state index contributed by atoms with van der Waals surface area (Å²) >= 11 is 17.8. The molecule has 3 rings (SSSR count). The zero-order valence-electron chi connectivity index (χ0n) is 12.3. The van der Waals surface area contributed by atoms with Gasteiger partial charge in [-0.15, -0.1) is 0 Å². The van der Waals surface area contributed by atoms with Gasteiger partial charge in [-0.05, 0) is 36.6 Å². The van der Waals surface area contributed by atoms with Gasteiger partial charge in [0.2, 0.25) is 0 Å². The molecule has 1 amide bonds. The number of nitrogens with zero attached hydrogens (tertiary/aromatic N) is 1. The van der Waals surface area contributed by atoms with E-state index in [-0.39, 0.29) is 11.3 Å². The highest BCUT2D eigenvalue weighted by atomic mass is 35.5. The van der Waals surface area contributed by atoms with Gasteiger partial charge in [-0.3, -0.25) is 4.79 Å². The lowest BCUT2D eigenvalue weighted by atomic mass is 10.0. The minimum atomic E-state index is -1.15. The smallest absolute Gasteiger partial charge is 0.346 e. The average molecular weight is 389 g/mol. The normalized spacial score (nSPS) is 13.8. The molecule has 0 fully saturated rings. The number of alkyl halides is 2. The number of rotatable bonds is 3. The summed E-state index contributed by atoms with van der Waals surface area (Å²) in [6.07, 6.45) is 4.03. The maximum absolute atomic E-state index is 12.1. The highest BCUT2D eigenvalue weighted by Gasteiger charge is 2.29. The number of benzene rings is 1. The zero-order valence-corrected chi connectivity index (χ0v) is 14.6. The van der Waals surface area contributed by atoms with E-state index >= 15 is 0 Å². The summed E-state index contributed by atoms with van der Waals surface area (Å²) in [6, 6.07) is 4.71. The second kappa shape index (κ2) is 7.05. The van der Waals surface area contributed by atoms with E-state index in [4.69, 9.17) is 44.0 Å². The predicted molar refractivity (Wildman–Crippen MR) is 91.3 cm³/mol. The monoisotopic (exact) mass is 387 g/mol. The second-order valence-electron chi connectivity index (χ2n) is 5.17. The first-order valence-corrected chi connectivity index (χ1v) is 8.39. The molecule has 0 bridgehead atoms. The minimum absolute atomic E-state index is 0.226. The van der Waals surface area contributed by atoms with Crippen molar-refractivity contribution in [2.45, 2.75) is 17.7 Å². The van der Waals surface area contributed by atoms with E-state index in [0.717, 1.165) is 5.56 Å². The molecular weight excluding hydrogens is 377 g/mol. The van der Waals surface area contributed by atoms with Crippen LogP contribution in [0, 0.1) is 0 Å². The Balaban J connectivity index is 1.90. The summed E-state index contributed by atoms with van der Waals surface area (Å²) in [5, 5.41) is 0.294. The van der Waals surface area contributed by atoms with Crippen LogP contribution in [0.25, 0.3) is 0 Å². The van der Waals surface area contributed by atoms with E-state index in [1.54, 1.807) is 12.1 Å². The van der Waals surface area contributed by atoms with Crippen molar-refractivity contribution in [1.82, 2.24) is 0 Å². The van der Waals surface area contributed by atoms with Gasteiger partial charge in [0.1, 0.15) is 12.0 Å². The van der Waals surface area contributed by atoms with Crippen molar-refractivity contribution in [3.63, 3.8) is 0 Å². The molecule has 0 unspecified atom stereocenters. The molecular formula is C16H12Cl3NO4. The highest BCUT2D eigenvalue weighted by Crippen LogP contribution is 2.39. The topological polar surface area (TPSA) is 59.8 Å². The Labute approximate surface area is 153 Å². The largest absolute Gasteiger partial charge is 0.472 e. The van der Waals surface area contributed by atoms with Gasteiger partial charge in [-0.25, -0.2) is 4.79 Å². The molecule has 0 saturated carbocycles. The Morgan fingerprint density at radius 1 is 1.25 bits per heavy atom. The average Bonchev–Trinajstić information content (AvgIpc) is 3.11. The van der Waals surface area contributed by atoms with Crippen LogP contribution in [0.1, 0.15) is 22.3 Å². The third-order valence-electron chi connectivity index (χ3n) is 3.69. The zero-order chi connectivity index (χ0) is 17.3. The van der Waals surface area contributed by atoms with Crippen LogP contribution in [0.15, 0.2) is 35.1 Å². The lowest BCUT2D eigenvalue weighted by molar-refractivity contribution is -0.117. The summed E-state index contributed by atoms with van der Waals surface area (Å²) in [6.45, 7) is 0.506. The van der Waals surface area contributed by atoms with Crippen LogP contribution in [0.2, 0.25) is 5.02 Å². The third-order valence-corrected chi connectivity index (χ3v) is 4.48. The Morgan fingerprint density at radius 3 is 2.71 bits per heavy atom. The van der Waals surface area contributed by atoms with E-state index in [1.807, 2.05) is 0 Å². The van der Waals surface area contributed by atoms with Crippen LogP contribution in [-0.2, 0) is 11.2 Å². The number of halogens is 3. The first-order chi connectivity index (χ1) is 11.5. The van der Waals surface area contributed by atoms with Crippen molar-refractivity contribution >= 4 is 52.4 Å². The second-order valence-corrected chi connectivity index (χ2v) is 6.65. The van der Waals surface area contributed by atoms with Crippen molar-refractivity contribution < 1.29 is 18.7 Å². The van der Waals surface area contributed by atoms with E-state index in [2.05, 4.69) is 0 Å². The molecule has 8 heteroatoms. The van der Waals surface area contributed by atoms with Gasteiger partial charge in [0.05, 0.1) is 16.8 Å². The van der Waals surface area contributed by atoms with Gasteiger partial charge in [-0.1, -0.05) is 34.8 Å². The molecule has 0 saturated heterocycles. The van der Waals surface area contributed by atoms with Crippen LogP contribution in [0.5, 0.6) is 5.75 Å². The van der Waals surface area contributed by atoms with Crippen LogP contribution in [0.3, 0.4) is 0 Å². The highest BCUT2D eigenvalue weighted by molar-refractivity contribution is 6.54. The first kappa shape index (κ1) is 17.1. The number of hydrogen-bond acceptors (Lipinski definition) is 4. The standard InChI is InChI=1S/C16H12Cl3NO4/c17-13-10-2-1-6-20(15(21)14(18)19)11(10)3-4-12(13)24-16(22)9-5-7-23-8-9/h3-5,7-8,14H,1-2,6H2. The number of amides is 1. The molecule has 2 heterocycles. The molecule has 1 aromatic carbocycles. The summed E-state index contributed by atoms with van der Waals surface area (Å²) in [5.74, 6) is -0.751. The molecule has 0 radical (unpaired) electrons. The Kier molecular flexibility index (Phi) is 5.04. The molecule has 1 aromatic heterocycles. The number of ether oxygens (including phenoxy) is 1. The molecule has 0 N–H and O–H groups in total. The summed E-state index contributed by atoms with van der Waals surface area (Å²) < 4.78 is 10.2. The Morgan fingerprint density at radius 2 is 2.04 bits per heavy atom. The molecule has 126 valence electrons. The van der Waals surface area contributed by atoms with Crippen molar-refractivity contribution in [2.24, 2.45) is 0 Å². The van der Waals surface area contributed by atoms with Crippen molar-refractivity contribution in [3.8, 4) is 5.75 Å². The fraction of sp³-hybridized carbons (Fsp3) is 0.250. The number of esters is 1. The van der Waals surface area contributed by atoms with Gasteiger partial charge < -0.3 is 14.1 Å². The van der Waals surface area contributed by atoms with Crippen molar-refractivity contribution in [3.05, 3.63) is 46.9 Å². The van der Waals surface area contributed by atoms with Gasteiger partial charge in [0.25, 0.3) is 5.91 Å². The van der Waals surface area contributed by atoms with E-state index < -0.39 is 16.7 Å². The fourth-order valence-electron chi connectivity index (χ4n) is 2.58. The maximum Gasteiger partial charge on any atom is 0.346 e. The molecule has 1 aliphatic heterocycles. The predicted octanol–water partition coefficient (Wildman–Crippen LogP) is 4.24. The lowest BCUT2D eigenvalue weighted by Gasteiger charge is -2.30. The Hall–Kier alpha value is -1.69. The van der Waals surface area contributed by atoms with Gasteiger partial charge in [0, 0.05) is 12.2 Å². The SMILES string of the molecule is O=C(Oc1ccc2c(c1Cl)CCCN2C(=O)C(Cl)Cl)c1ccoc1. The molecule has 0 aliphatic carbocycles. The molecule has 0 spiro atoms. The number of carbonyl (C=O) groups is 2. The maximum atomic E-state index is 12.1. The summed E-state index contributed by atoms with van der Waals surface area (Å²) in [4.78, 5) is 24.5. The number of carbonyl (C=O) groups excluding carboxylic acids is 2. The van der Waals surface area contributed by atoms with Crippen LogP contribution < -0.4 is 9.64 Å². The fourth-order valence-corrected chi connectivity index (χ4v) is 3.11. The quantitative estimate of drug-likeness (QED) is 0.448. The molecule has 1 aliphatic rings. The van der Waals surface area contributed by atoms with Gasteiger partial charge in [-0.2, -0.15) is 0 Å². The third kappa shape index (κ3) is 3.24. The van der Waals surface area contributed by atoms with Crippen LogP contribution >= 0.6 is 34.8 Å². The number of hydrogen-bond donors (Lipinski definition) is 0. The number of anilines is 1. The Bertz CT molecular complexity index is 774. The van der Waals surface area contributed by atoms with Gasteiger partial charge >= 0.3 is 5.97 Å². The number of furan rings is 1. The van der Waals surface area contributed by atoms with E-state index in [0.29, 0.717) is 30.1 Å². The number of fused-ring (bicyclic) bond motifs is 1. The van der Waals surface area contributed by atoms with Crippen LogP contribution in [0.4, 0.5) is 5.69 Å². The summed E-state index contributed by atoms with van der Waals surface area (Å²) in [7, 11) is 0. The minimum Gasteiger partial charge on any atom is -0.472 e. The molecule has 2 aromatic rings. The van der Waals surface area contributed by atoms with E-state index in [1.165, 1.54) is 23.5 Å². The molecule has 24 heavy (non-hydrogen) atoms. The summed E-state index contributed by atoms with van der Waals surface area (Å²) in [5.41, 5.74) is 1.64. The van der Waals surface area contributed by atoms with Gasteiger partial charge in [0.15, 0.2) is 4.84 Å². The molecule has 0 atom stereocenters. The molecule has 5 nitrogen and oxygen atoms in total. The van der Waals surface area contributed by atoms with Crippen molar-refractivity contribution in [2.75, 3.05) is 11.4 Å². The van der Waals surface area contributed by atoms with Crippen molar-refractivity contribution in [1.29, 1.82) is 0 Å².